The molecule has 1 aromatic carbocycles. The Kier molecular flexibility index (Phi) is 6.44. The molecule has 3 rings (SSSR count). The fourth-order valence-corrected chi connectivity index (χ4v) is 3.41. The number of benzene rings is 1. The third-order valence-electron chi connectivity index (χ3n) is 4.09. The molecule has 0 spiro atoms. The van der Waals surface area contributed by atoms with Gasteiger partial charge >= 0.3 is 12.4 Å². The molecular weight excluding hydrogens is 548 g/mol. The van der Waals surface area contributed by atoms with Crippen LogP contribution in [-0.2, 0) is 12.4 Å². The maximum Gasteiger partial charge on any atom is 0.435 e. The fourth-order valence-electron chi connectivity index (χ4n) is 2.65. The lowest BCUT2D eigenvalue weighted by Gasteiger charge is -2.15. The Balaban J connectivity index is 2.13. The lowest BCUT2D eigenvalue weighted by Crippen LogP contribution is -2.22. The van der Waals surface area contributed by atoms with Crippen LogP contribution in [0.5, 0.6) is 0 Å². The van der Waals surface area contributed by atoms with E-state index in [-0.39, 0.29) is 10.8 Å². The number of hydrogen-bond acceptors (Lipinski definition) is 4. The van der Waals surface area contributed by atoms with Crippen LogP contribution in [0.2, 0.25) is 5.02 Å². The number of nitrogens with zero attached hydrogens (tertiary/aromatic N) is 3. The third kappa shape index (κ3) is 5.11. The van der Waals surface area contributed by atoms with Gasteiger partial charge in [-0.25, -0.2) is 9.67 Å². The zero-order valence-electron chi connectivity index (χ0n) is 15.7. The van der Waals surface area contributed by atoms with E-state index in [9.17, 15) is 35.9 Å². The van der Waals surface area contributed by atoms with Gasteiger partial charge in [0.15, 0.2) is 11.5 Å². The molecular formula is C18H9BrClF6N5O2. The highest BCUT2D eigenvalue weighted by molar-refractivity contribution is 9.10. The number of carbonyl (C=O) groups excluding carboxylic acids is 2. The maximum absolute atomic E-state index is 13.2. The van der Waals surface area contributed by atoms with Crippen molar-refractivity contribution in [2.75, 3.05) is 5.32 Å². The molecule has 174 valence electrons. The molecule has 0 bridgehead atoms. The van der Waals surface area contributed by atoms with Crippen LogP contribution in [-0.4, -0.2) is 26.6 Å². The molecule has 0 saturated heterocycles. The van der Waals surface area contributed by atoms with E-state index in [0.29, 0.717) is 22.9 Å². The molecule has 15 heteroatoms. The van der Waals surface area contributed by atoms with Gasteiger partial charge in [0, 0.05) is 16.7 Å². The third-order valence-corrected chi connectivity index (χ3v) is 5.01. The largest absolute Gasteiger partial charge is 0.435 e. The normalized spacial score (nSPS) is 12.0. The molecule has 3 aromatic rings. The van der Waals surface area contributed by atoms with E-state index < -0.39 is 56.8 Å². The number of alkyl halides is 6. The van der Waals surface area contributed by atoms with Crippen LogP contribution in [0.25, 0.3) is 5.82 Å². The number of nitrogens with one attached hydrogen (secondary N) is 1. The minimum Gasteiger partial charge on any atom is -0.366 e. The zero-order valence-corrected chi connectivity index (χ0v) is 18.1. The van der Waals surface area contributed by atoms with Gasteiger partial charge in [-0.1, -0.05) is 11.6 Å². The van der Waals surface area contributed by atoms with E-state index in [2.05, 4.69) is 31.3 Å². The number of carbonyl (C=O) groups is 2. The van der Waals surface area contributed by atoms with E-state index in [1.807, 2.05) is 0 Å². The van der Waals surface area contributed by atoms with Crippen LogP contribution < -0.4 is 11.1 Å². The Morgan fingerprint density at radius 3 is 2.30 bits per heavy atom. The monoisotopic (exact) mass is 555 g/mol. The summed E-state index contributed by atoms with van der Waals surface area (Å²) in [6.45, 7) is 0. The first-order valence-electron chi connectivity index (χ1n) is 8.50. The molecule has 0 aliphatic rings. The van der Waals surface area contributed by atoms with E-state index in [0.717, 1.165) is 0 Å². The van der Waals surface area contributed by atoms with Crippen LogP contribution in [0.1, 0.15) is 32.1 Å². The molecule has 0 aliphatic heterocycles. The van der Waals surface area contributed by atoms with Crippen molar-refractivity contribution in [2.45, 2.75) is 12.4 Å². The molecule has 3 N–H and O–H groups in total. The first-order chi connectivity index (χ1) is 15.2. The molecule has 0 fully saturated rings. The van der Waals surface area contributed by atoms with E-state index in [4.69, 9.17) is 17.3 Å². The van der Waals surface area contributed by atoms with Gasteiger partial charge in [-0.3, -0.25) is 9.59 Å². The van der Waals surface area contributed by atoms with Crippen molar-refractivity contribution >= 4 is 45.0 Å². The number of aromatic nitrogens is 3. The Hall–Kier alpha value is -3.13. The molecule has 2 aromatic heterocycles. The minimum atomic E-state index is -4.95. The second-order valence-corrected chi connectivity index (χ2v) is 7.59. The van der Waals surface area contributed by atoms with Crippen LogP contribution in [0.3, 0.4) is 0 Å². The molecule has 0 aliphatic carbocycles. The number of halogens is 8. The first kappa shape index (κ1) is 24.5. The average molecular weight is 557 g/mol. The van der Waals surface area contributed by atoms with Crippen LogP contribution in [0, 0.1) is 0 Å². The molecule has 33 heavy (non-hydrogen) atoms. The topological polar surface area (TPSA) is 103 Å². The SMILES string of the molecule is NC(=O)c1cc(C(F)(F)F)cc(Br)c1NC(=O)c1cc(C(F)(F)F)nn1-c1ncccc1Cl. The van der Waals surface area contributed by atoms with Crippen molar-refractivity contribution in [3.63, 3.8) is 0 Å². The van der Waals surface area contributed by atoms with Gasteiger partial charge in [-0.2, -0.15) is 31.4 Å². The quantitative estimate of drug-likeness (QED) is 0.438. The van der Waals surface area contributed by atoms with E-state index in [1.54, 1.807) is 0 Å². The van der Waals surface area contributed by atoms with Crippen LogP contribution in [0.4, 0.5) is 32.0 Å². The highest BCUT2D eigenvalue weighted by atomic mass is 79.9. The van der Waals surface area contributed by atoms with Gasteiger partial charge in [0.1, 0.15) is 5.69 Å². The molecule has 0 saturated carbocycles. The summed E-state index contributed by atoms with van der Waals surface area (Å²) in [6.07, 6.45) is -8.60. The average Bonchev–Trinajstić information content (AvgIpc) is 3.14. The summed E-state index contributed by atoms with van der Waals surface area (Å²) >= 11 is 8.77. The highest BCUT2D eigenvalue weighted by Gasteiger charge is 2.37. The summed E-state index contributed by atoms with van der Waals surface area (Å²) < 4.78 is 79.0. The summed E-state index contributed by atoms with van der Waals surface area (Å²) in [5.41, 5.74) is 0.491. The summed E-state index contributed by atoms with van der Waals surface area (Å²) in [6, 6.07) is 4.03. The second-order valence-electron chi connectivity index (χ2n) is 6.33. The molecule has 0 unspecified atom stereocenters. The number of hydrogen-bond donors (Lipinski definition) is 2. The van der Waals surface area contributed by atoms with Crippen molar-refractivity contribution in [3.05, 3.63) is 68.5 Å². The fraction of sp³-hybridized carbons (Fsp3) is 0.111. The summed E-state index contributed by atoms with van der Waals surface area (Å²) in [5.74, 6) is -2.90. The van der Waals surface area contributed by atoms with Gasteiger partial charge in [0.25, 0.3) is 11.8 Å². The molecule has 2 amide bonds. The summed E-state index contributed by atoms with van der Waals surface area (Å²) in [5, 5.41) is 5.29. The summed E-state index contributed by atoms with van der Waals surface area (Å²) in [4.78, 5) is 28.4. The second kappa shape index (κ2) is 8.67. The Bertz CT molecular complexity index is 1260. The van der Waals surface area contributed by atoms with Crippen molar-refractivity contribution in [1.82, 2.24) is 14.8 Å². The number of pyridine rings is 1. The van der Waals surface area contributed by atoms with Gasteiger partial charge in [0.2, 0.25) is 0 Å². The minimum absolute atomic E-state index is 0.142. The smallest absolute Gasteiger partial charge is 0.366 e. The maximum atomic E-state index is 13.2. The van der Waals surface area contributed by atoms with Gasteiger partial charge in [-0.15, -0.1) is 0 Å². The molecule has 0 radical (unpaired) electrons. The number of amides is 2. The Morgan fingerprint density at radius 1 is 1.09 bits per heavy atom. The summed E-state index contributed by atoms with van der Waals surface area (Å²) in [7, 11) is 0. The van der Waals surface area contributed by atoms with Crippen molar-refractivity contribution < 1.29 is 35.9 Å². The van der Waals surface area contributed by atoms with E-state index >= 15 is 0 Å². The highest BCUT2D eigenvalue weighted by Crippen LogP contribution is 2.37. The van der Waals surface area contributed by atoms with Crippen molar-refractivity contribution in [2.24, 2.45) is 5.73 Å². The van der Waals surface area contributed by atoms with Crippen molar-refractivity contribution in [1.29, 1.82) is 0 Å². The van der Waals surface area contributed by atoms with Gasteiger partial charge < -0.3 is 11.1 Å². The molecule has 0 atom stereocenters. The number of rotatable bonds is 4. The van der Waals surface area contributed by atoms with Gasteiger partial charge in [0.05, 0.1) is 21.8 Å². The van der Waals surface area contributed by atoms with Crippen molar-refractivity contribution in [3.8, 4) is 5.82 Å². The number of nitrogens with two attached hydrogens (primary N) is 1. The van der Waals surface area contributed by atoms with Gasteiger partial charge in [-0.05, 0) is 40.2 Å². The standard InChI is InChI=1S/C18H9BrClF6N5O2/c19-9-5-7(17(21,22)23)4-8(14(27)32)13(9)29-16(33)11-6-12(18(24,25)26)30-31(11)15-10(20)2-1-3-28-15/h1-6H,(H2,27,32)(H,29,33). The predicted octanol–water partition coefficient (Wildman–Crippen LogP) is 5.07. The molecule has 7 nitrogen and oxygen atoms in total. The zero-order chi connectivity index (χ0) is 24.7. The first-order valence-corrected chi connectivity index (χ1v) is 9.67. The lowest BCUT2D eigenvalue weighted by atomic mass is 10.1. The Labute approximate surface area is 193 Å². The molecule has 2 heterocycles. The van der Waals surface area contributed by atoms with Crippen LogP contribution in [0.15, 0.2) is 41.0 Å². The predicted molar refractivity (Wildman–Crippen MR) is 107 cm³/mol. The number of primary amides is 1. The lowest BCUT2D eigenvalue weighted by molar-refractivity contribution is -0.141. The van der Waals surface area contributed by atoms with Crippen LogP contribution >= 0.6 is 27.5 Å². The van der Waals surface area contributed by atoms with E-state index in [1.165, 1.54) is 18.3 Å². The Morgan fingerprint density at radius 2 is 1.76 bits per heavy atom. The number of anilines is 1.